The van der Waals surface area contributed by atoms with E-state index in [1.54, 1.807) is 0 Å². The van der Waals surface area contributed by atoms with E-state index in [0.29, 0.717) is 0 Å². The van der Waals surface area contributed by atoms with Gasteiger partial charge in [0, 0.05) is 62.0 Å². The fraction of sp³-hybridized carbons (Fsp3) is 0.229. The predicted octanol–water partition coefficient (Wildman–Crippen LogP) is 18.3. The maximum Gasteiger partial charge on any atom is 0.297 e. The highest BCUT2D eigenvalue weighted by Crippen LogP contribution is 2.56. The highest BCUT2D eigenvalue weighted by atomic mass is 16.3. The van der Waals surface area contributed by atoms with Gasteiger partial charge in [0.1, 0.15) is 11.2 Å². The summed E-state index contributed by atoms with van der Waals surface area (Å²) in [5.41, 5.74) is 32.7. The summed E-state index contributed by atoms with van der Waals surface area (Å²) in [7, 11) is 0. The standard InChI is InChI=1S/C83H74B2N4O2/c1-51-38-39-72-58(46-51)77-79(91-72)85-64-48-62-61(50-69(64)86(54-26-13-10-14-27-54)65-33-22-34-66(73(65)85)88(77)56-30-17-12-18-31-56)82(7,8)44-45-83(62,9)41-40-53-25-21-24-52(2)75(53)89-68-36-23-35-67-74(68)84(63-47-59-60(49-70(63)89)81(5,6)43-42-80(59,3)4)78-76(57-32-19-20-37-71(57)90-78)87(67)55-28-15-11-16-29-55/h10-39,46-50H,40-45H2,1-9H3. The molecule has 1 unspecified atom stereocenters. The van der Waals surface area contributed by atoms with Crippen molar-refractivity contribution in [2.75, 3.05) is 19.6 Å². The Hall–Kier alpha value is -9.39. The van der Waals surface area contributed by atoms with Crippen molar-refractivity contribution in [2.45, 2.75) is 122 Å². The molecule has 8 heteroatoms. The molecule has 0 N–H and O–H groups in total. The summed E-state index contributed by atoms with van der Waals surface area (Å²) in [6, 6.07) is 80.0. The Morgan fingerprint density at radius 1 is 0.374 bits per heavy atom. The van der Waals surface area contributed by atoms with Crippen molar-refractivity contribution in [3.63, 3.8) is 0 Å². The van der Waals surface area contributed by atoms with Crippen molar-refractivity contribution in [1.82, 2.24) is 0 Å². The second-order valence-corrected chi connectivity index (χ2v) is 29.5. The molecule has 1 atom stereocenters. The highest BCUT2D eigenvalue weighted by molar-refractivity contribution is 7.00. The molecule has 0 saturated heterocycles. The SMILES string of the molecule is Cc1ccc2oc3c(c2c1)N(c1ccccc1)c1cccc2c1B3c1cc3c(cc1N2c1ccccc1)C(C)(C)CCC3(C)CCc1cccc(C)c1N1c2cc3c(cc2B2c4oc5ccccc5c4N(c4ccccc4)c4cccc1c42)C(C)(C)CCC3(C)C. The van der Waals surface area contributed by atoms with Gasteiger partial charge in [0.25, 0.3) is 13.4 Å². The average Bonchev–Trinajstić information content (AvgIpc) is 1.70. The number of hydrogen-bond donors (Lipinski definition) is 0. The van der Waals surface area contributed by atoms with Gasteiger partial charge in [-0.1, -0.05) is 169 Å². The van der Waals surface area contributed by atoms with Gasteiger partial charge < -0.3 is 28.4 Å². The van der Waals surface area contributed by atoms with Crippen LogP contribution in [0.1, 0.15) is 120 Å². The molecule has 91 heavy (non-hydrogen) atoms. The number of nitrogens with zero attached hydrogens (tertiary/aromatic N) is 4. The lowest BCUT2D eigenvalue weighted by molar-refractivity contribution is 0.297. The third-order valence-corrected chi connectivity index (χ3v) is 22.6. The van der Waals surface area contributed by atoms with Crippen LogP contribution in [0.3, 0.4) is 0 Å². The molecule has 6 aliphatic rings. The molecule has 0 saturated carbocycles. The number of para-hydroxylation sites is 5. The van der Waals surface area contributed by atoms with Gasteiger partial charge in [0.05, 0.1) is 28.4 Å². The molecule has 0 spiro atoms. The minimum Gasteiger partial charge on any atom is -0.468 e. The smallest absolute Gasteiger partial charge is 0.297 e. The first-order chi connectivity index (χ1) is 44.1. The van der Waals surface area contributed by atoms with Crippen molar-refractivity contribution >= 4 is 137 Å². The van der Waals surface area contributed by atoms with Crippen molar-refractivity contribution in [3.05, 3.63) is 251 Å². The molecule has 6 heterocycles. The highest BCUT2D eigenvalue weighted by Gasteiger charge is 2.52. The molecular weight excluding hydrogens is 1110 g/mol. The Bertz CT molecular complexity index is 5020. The summed E-state index contributed by atoms with van der Waals surface area (Å²) < 4.78 is 14.7. The molecule has 4 aliphatic heterocycles. The number of hydrogen-bond acceptors (Lipinski definition) is 6. The number of rotatable bonds is 7. The van der Waals surface area contributed by atoms with Gasteiger partial charge in [-0.3, -0.25) is 0 Å². The van der Waals surface area contributed by atoms with Crippen LogP contribution < -0.4 is 52.8 Å². The third kappa shape index (κ3) is 7.81. The van der Waals surface area contributed by atoms with E-state index in [1.807, 2.05) is 0 Å². The van der Waals surface area contributed by atoms with Gasteiger partial charge in [-0.25, -0.2) is 0 Å². The molecule has 18 rings (SSSR count). The summed E-state index contributed by atoms with van der Waals surface area (Å²) in [6.07, 6.45) is 6.30. The van der Waals surface area contributed by atoms with E-state index in [-0.39, 0.29) is 35.1 Å². The van der Waals surface area contributed by atoms with Crippen LogP contribution in [0.2, 0.25) is 0 Å². The monoisotopic (exact) mass is 1180 g/mol. The zero-order valence-corrected chi connectivity index (χ0v) is 53.7. The number of benzene rings is 10. The van der Waals surface area contributed by atoms with E-state index in [0.717, 1.165) is 100 Å². The van der Waals surface area contributed by atoms with Gasteiger partial charge in [0.15, 0.2) is 0 Å². The molecule has 6 nitrogen and oxygen atoms in total. The van der Waals surface area contributed by atoms with Gasteiger partial charge in [0.2, 0.25) is 0 Å². The first kappa shape index (κ1) is 54.5. The molecule has 0 radical (unpaired) electrons. The van der Waals surface area contributed by atoms with Crippen molar-refractivity contribution < 1.29 is 8.83 Å². The summed E-state index contributed by atoms with van der Waals surface area (Å²) >= 11 is 0. The van der Waals surface area contributed by atoms with E-state index in [2.05, 4.69) is 294 Å². The van der Waals surface area contributed by atoms with Crippen molar-refractivity contribution in [2.24, 2.45) is 0 Å². The number of aryl methyl sites for hydroxylation is 3. The predicted molar refractivity (Wildman–Crippen MR) is 383 cm³/mol. The third-order valence-electron chi connectivity index (χ3n) is 22.6. The Labute approximate surface area is 535 Å². The number of fused-ring (bicyclic) bond motifs is 14. The minimum absolute atomic E-state index is 0.00217. The Morgan fingerprint density at radius 3 is 1.42 bits per heavy atom. The molecule has 2 aromatic heterocycles. The van der Waals surface area contributed by atoms with E-state index < -0.39 is 0 Å². The van der Waals surface area contributed by atoms with Crippen LogP contribution in [0.5, 0.6) is 0 Å². The van der Waals surface area contributed by atoms with Crippen molar-refractivity contribution in [3.8, 4) is 0 Å². The molecule has 2 aliphatic carbocycles. The normalized spacial score (nSPS) is 18.3. The Morgan fingerprint density at radius 2 is 0.824 bits per heavy atom. The Balaban J connectivity index is 0.824. The summed E-state index contributed by atoms with van der Waals surface area (Å²) in [4.78, 5) is 10.2. The first-order valence-electron chi connectivity index (χ1n) is 33.2. The lowest BCUT2D eigenvalue weighted by Crippen LogP contribution is -2.61. The average molecular weight is 1180 g/mol. The lowest BCUT2D eigenvalue weighted by Gasteiger charge is -2.48. The number of anilines is 12. The topological polar surface area (TPSA) is 39.2 Å². The van der Waals surface area contributed by atoms with E-state index in [1.165, 1.54) is 101 Å². The van der Waals surface area contributed by atoms with Gasteiger partial charge in [-0.2, -0.15) is 0 Å². The summed E-state index contributed by atoms with van der Waals surface area (Å²) in [5, 5.41) is 2.28. The minimum atomic E-state index is -0.170. The van der Waals surface area contributed by atoms with Gasteiger partial charge >= 0.3 is 0 Å². The second kappa shape index (κ2) is 19.3. The van der Waals surface area contributed by atoms with Gasteiger partial charge in [-0.05, 0) is 226 Å². The molecule has 0 fully saturated rings. The quantitative estimate of drug-likeness (QED) is 0.148. The second-order valence-electron chi connectivity index (χ2n) is 29.5. The maximum absolute atomic E-state index is 7.38. The Kier molecular flexibility index (Phi) is 11.6. The van der Waals surface area contributed by atoms with E-state index >= 15 is 0 Å². The van der Waals surface area contributed by atoms with Crippen LogP contribution in [-0.2, 0) is 28.1 Å². The first-order valence-corrected chi connectivity index (χ1v) is 33.2. The fourth-order valence-corrected chi connectivity index (χ4v) is 17.6. The largest absolute Gasteiger partial charge is 0.468 e. The summed E-state index contributed by atoms with van der Waals surface area (Å²) in [6.45, 7) is 21.7. The van der Waals surface area contributed by atoms with Crippen LogP contribution in [0.15, 0.2) is 221 Å². The zero-order valence-electron chi connectivity index (χ0n) is 53.7. The maximum atomic E-state index is 7.38. The van der Waals surface area contributed by atoms with Crippen LogP contribution in [-0.4, -0.2) is 13.4 Å². The van der Waals surface area contributed by atoms with E-state index in [9.17, 15) is 0 Å². The fourth-order valence-electron chi connectivity index (χ4n) is 17.6. The lowest BCUT2D eigenvalue weighted by atomic mass is 9.35. The number of furan rings is 2. The molecule has 444 valence electrons. The van der Waals surface area contributed by atoms with Crippen LogP contribution >= 0.6 is 0 Å². The molecule has 0 bridgehead atoms. The molecule has 12 aromatic rings. The van der Waals surface area contributed by atoms with Gasteiger partial charge in [-0.15, -0.1) is 0 Å². The van der Waals surface area contributed by atoms with Crippen LogP contribution in [0.4, 0.5) is 68.2 Å². The molecule has 10 aromatic carbocycles. The van der Waals surface area contributed by atoms with E-state index in [4.69, 9.17) is 8.83 Å². The zero-order chi connectivity index (χ0) is 61.6. The van der Waals surface area contributed by atoms with Crippen molar-refractivity contribution in [1.29, 1.82) is 0 Å². The summed E-state index contributed by atoms with van der Waals surface area (Å²) in [5.74, 6) is 0. The van der Waals surface area contributed by atoms with Crippen LogP contribution in [0.25, 0.3) is 21.9 Å². The molecular formula is C83H74B2N4O2. The molecule has 0 amide bonds. The van der Waals surface area contributed by atoms with Crippen LogP contribution in [0, 0.1) is 13.8 Å².